The van der Waals surface area contributed by atoms with Crippen LogP contribution in [0.15, 0.2) is 76.3 Å². The molecule has 0 spiro atoms. The van der Waals surface area contributed by atoms with E-state index in [0.717, 1.165) is 29.5 Å². The van der Waals surface area contributed by atoms with Gasteiger partial charge in [-0.1, -0.05) is 41.0 Å². The van der Waals surface area contributed by atoms with Crippen LogP contribution < -0.4 is 22.1 Å². The molecule has 1 fully saturated rings. The highest BCUT2D eigenvalue weighted by Gasteiger charge is 2.36. The Bertz CT molecular complexity index is 1580. The zero-order chi connectivity index (χ0) is 28.9. The number of carbonyl (C=O) groups excluding carboxylic acids is 2. The van der Waals surface area contributed by atoms with Gasteiger partial charge in [-0.3, -0.25) is 29.0 Å². The lowest BCUT2D eigenvalue weighted by atomic mass is 9.81. The van der Waals surface area contributed by atoms with E-state index in [9.17, 15) is 14.4 Å². The van der Waals surface area contributed by atoms with E-state index in [-0.39, 0.29) is 24.1 Å². The van der Waals surface area contributed by atoms with Gasteiger partial charge in [0.1, 0.15) is 6.04 Å². The maximum Gasteiger partial charge on any atom is 0.439 e. The summed E-state index contributed by atoms with van der Waals surface area (Å²) in [5.74, 6) is -1.05. The van der Waals surface area contributed by atoms with Crippen molar-refractivity contribution >= 4 is 29.1 Å². The Labute approximate surface area is 241 Å². The lowest BCUT2D eigenvalue weighted by Crippen LogP contribution is -2.52. The summed E-state index contributed by atoms with van der Waals surface area (Å²) in [6, 6.07) is 15.2. The third-order valence-electron chi connectivity index (χ3n) is 7.70. The van der Waals surface area contributed by atoms with Crippen molar-refractivity contribution in [2.45, 2.75) is 38.1 Å². The van der Waals surface area contributed by atoms with Crippen molar-refractivity contribution < 1.29 is 14.1 Å². The Hall–Kier alpha value is -4.28. The van der Waals surface area contributed by atoms with Crippen molar-refractivity contribution in [3.63, 3.8) is 0 Å². The van der Waals surface area contributed by atoms with Gasteiger partial charge in [0, 0.05) is 41.5 Å². The van der Waals surface area contributed by atoms with Gasteiger partial charge in [0.15, 0.2) is 5.82 Å². The first-order chi connectivity index (χ1) is 19.8. The molecule has 41 heavy (non-hydrogen) atoms. The van der Waals surface area contributed by atoms with Crippen LogP contribution in [0, 0.1) is 11.8 Å². The summed E-state index contributed by atoms with van der Waals surface area (Å²) in [5, 5.41) is 4.28. The molecule has 1 aliphatic carbocycles. The number of rotatable bonds is 9. The zero-order valence-corrected chi connectivity index (χ0v) is 23.1. The van der Waals surface area contributed by atoms with Gasteiger partial charge < -0.3 is 11.5 Å². The fourth-order valence-electron chi connectivity index (χ4n) is 5.43. The summed E-state index contributed by atoms with van der Waals surface area (Å²) in [6.07, 6.45) is 6.59. The molecule has 5 rings (SSSR count). The molecule has 4 aromatic rings. The normalized spacial score (nSPS) is 17.6. The Morgan fingerprint density at radius 1 is 1.07 bits per heavy atom. The molecule has 1 aliphatic rings. The summed E-state index contributed by atoms with van der Waals surface area (Å²) >= 11 is 6.40. The Morgan fingerprint density at radius 3 is 2.46 bits per heavy atom. The average molecular weight is 575 g/mol. The molecule has 1 atom stereocenters. The van der Waals surface area contributed by atoms with E-state index in [1.807, 2.05) is 24.3 Å². The number of halogens is 1. The molecule has 2 heterocycles. The highest BCUT2D eigenvalue weighted by Crippen LogP contribution is 2.33. The molecule has 10 nitrogen and oxygen atoms in total. The predicted octanol–water partition coefficient (Wildman–Crippen LogP) is 3.94. The average Bonchev–Trinajstić information content (AvgIpc) is 3.43. The van der Waals surface area contributed by atoms with E-state index in [1.54, 1.807) is 42.7 Å². The summed E-state index contributed by atoms with van der Waals surface area (Å²) in [5.41, 5.74) is 15.4. The van der Waals surface area contributed by atoms with Crippen molar-refractivity contribution in [2.24, 2.45) is 23.3 Å². The maximum atomic E-state index is 14.1. The second kappa shape index (κ2) is 12.5. The number of hydrogen-bond acceptors (Lipinski definition) is 7. The van der Waals surface area contributed by atoms with Crippen molar-refractivity contribution in [3.05, 3.63) is 88.1 Å². The number of benzene rings is 2. The van der Waals surface area contributed by atoms with E-state index in [0.29, 0.717) is 41.6 Å². The van der Waals surface area contributed by atoms with E-state index in [4.69, 9.17) is 23.1 Å². The highest BCUT2D eigenvalue weighted by atomic mass is 35.5. The molecule has 212 valence electrons. The SMILES string of the molecule is NCC1CCC(C(=O)N(c2ccc(-c3noc(=O)[nH]3)cc2)[C@@H](Cc2cccc(-c3cnccc3Cl)c2)C(N)=O)CC1. The van der Waals surface area contributed by atoms with Crippen LogP contribution in [0.1, 0.15) is 31.2 Å². The number of aromatic nitrogens is 3. The fourth-order valence-corrected chi connectivity index (χ4v) is 5.65. The van der Waals surface area contributed by atoms with Crippen molar-refractivity contribution in [2.75, 3.05) is 11.4 Å². The fraction of sp³-hybridized carbons (Fsp3) is 0.300. The zero-order valence-electron chi connectivity index (χ0n) is 22.3. The summed E-state index contributed by atoms with van der Waals surface area (Å²) < 4.78 is 4.61. The smallest absolute Gasteiger partial charge is 0.368 e. The molecule has 0 unspecified atom stereocenters. The van der Waals surface area contributed by atoms with Gasteiger partial charge in [0.2, 0.25) is 11.8 Å². The molecule has 0 saturated heterocycles. The van der Waals surface area contributed by atoms with Crippen LogP contribution in [0.25, 0.3) is 22.5 Å². The van der Waals surface area contributed by atoms with Gasteiger partial charge in [-0.25, -0.2) is 4.79 Å². The summed E-state index contributed by atoms with van der Waals surface area (Å²) in [7, 11) is 0. The molecule has 1 saturated carbocycles. The van der Waals surface area contributed by atoms with Crippen molar-refractivity contribution in [1.82, 2.24) is 15.1 Å². The van der Waals surface area contributed by atoms with Crippen LogP contribution in [-0.4, -0.2) is 39.5 Å². The quantitative estimate of drug-likeness (QED) is 0.273. The molecule has 2 amide bonds. The lowest BCUT2D eigenvalue weighted by Gasteiger charge is -2.35. The van der Waals surface area contributed by atoms with E-state index in [2.05, 4.69) is 19.6 Å². The first-order valence-corrected chi connectivity index (χ1v) is 13.9. The minimum atomic E-state index is -0.952. The largest absolute Gasteiger partial charge is 0.439 e. The minimum absolute atomic E-state index is 0.154. The van der Waals surface area contributed by atoms with Crippen LogP contribution in [0.3, 0.4) is 0 Å². The van der Waals surface area contributed by atoms with Crippen molar-refractivity contribution in [3.8, 4) is 22.5 Å². The van der Waals surface area contributed by atoms with E-state index < -0.39 is 17.7 Å². The van der Waals surface area contributed by atoms with Gasteiger partial charge in [-0.15, -0.1) is 0 Å². The molecule has 2 aromatic heterocycles. The number of amides is 2. The molecular formula is C30H31ClN6O4. The molecular weight excluding hydrogens is 544 g/mol. The first kappa shape index (κ1) is 28.3. The molecule has 5 N–H and O–H groups in total. The van der Waals surface area contributed by atoms with Gasteiger partial charge >= 0.3 is 5.76 Å². The van der Waals surface area contributed by atoms with Crippen LogP contribution in [0.5, 0.6) is 0 Å². The molecule has 2 aromatic carbocycles. The van der Waals surface area contributed by atoms with Crippen molar-refractivity contribution in [1.29, 1.82) is 0 Å². The second-order valence-electron chi connectivity index (χ2n) is 10.3. The Balaban J connectivity index is 1.49. The third-order valence-corrected chi connectivity index (χ3v) is 8.03. The predicted molar refractivity (Wildman–Crippen MR) is 156 cm³/mol. The van der Waals surface area contributed by atoms with Crippen LogP contribution in [-0.2, 0) is 16.0 Å². The third kappa shape index (κ3) is 6.39. The number of carbonyl (C=O) groups is 2. The molecule has 0 radical (unpaired) electrons. The molecule has 0 aliphatic heterocycles. The first-order valence-electron chi connectivity index (χ1n) is 13.5. The Kier molecular flexibility index (Phi) is 8.61. The van der Waals surface area contributed by atoms with Crippen LogP contribution in [0.2, 0.25) is 5.02 Å². The van der Waals surface area contributed by atoms with E-state index in [1.165, 1.54) is 4.90 Å². The minimum Gasteiger partial charge on any atom is -0.368 e. The topological polar surface area (TPSA) is 161 Å². The summed E-state index contributed by atoms with van der Waals surface area (Å²) in [6.45, 7) is 0.595. The van der Waals surface area contributed by atoms with Gasteiger partial charge in [-0.2, -0.15) is 0 Å². The number of pyridine rings is 1. The monoisotopic (exact) mass is 574 g/mol. The number of primary amides is 1. The Morgan fingerprint density at radius 2 is 1.83 bits per heavy atom. The number of H-pyrrole nitrogens is 1. The maximum absolute atomic E-state index is 14.1. The lowest BCUT2D eigenvalue weighted by molar-refractivity contribution is -0.127. The van der Waals surface area contributed by atoms with Gasteiger partial charge in [0.25, 0.3) is 0 Å². The van der Waals surface area contributed by atoms with Gasteiger partial charge in [-0.05, 0) is 79.6 Å². The van der Waals surface area contributed by atoms with E-state index >= 15 is 0 Å². The van der Waals surface area contributed by atoms with Gasteiger partial charge in [0.05, 0.1) is 5.02 Å². The number of nitrogens with one attached hydrogen (secondary N) is 1. The number of hydrogen-bond donors (Lipinski definition) is 3. The number of nitrogens with two attached hydrogens (primary N) is 2. The molecule has 11 heteroatoms. The van der Waals surface area contributed by atoms with Crippen LogP contribution >= 0.6 is 11.6 Å². The molecule has 0 bridgehead atoms. The number of anilines is 1. The number of aromatic amines is 1. The van der Waals surface area contributed by atoms with Crippen LogP contribution in [0.4, 0.5) is 5.69 Å². The second-order valence-corrected chi connectivity index (χ2v) is 10.7. The summed E-state index contributed by atoms with van der Waals surface area (Å²) in [4.78, 5) is 46.8. The number of nitrogens with zero attached hydrogens (tertiary/aromatic N) is 3. The standard InChI is InChI=1S/C30H31ClN6O4/c31-25-12-13-34-17-24(25)22-3-1-2-19(14-22)15-26(27(33)38)37(29(39)21-6-4-18(16-32)5-7-21)23-10-8-20(9-11-23)28-35-30(40)41-36-28/h1-3,8-14,17-18,21,26H,4-7,15-16,32H2,(H2,33,38)(H,35,36,40)/t18?,21?,26-/m0/s1. The highest BCUT2D eigenvalue weighted by molar-refractivity contribution is 6.33.